The van der Waals surface area contributed by atoms with E-state index in [1.54, 1.807) is 12.1 Å². The first-order valence-corrected chi connectivity index (χ1v) is 7.42. The average molecular weight is 424 g/mol. The van der Waals surface area contributed by atoms with Gasteiger partial charge in [-0.1, -0.05) is 43.5 Å². The van der Waals surface area contributed by atoms with E-state index in [1.165, 1.54) is 0 Å². The van der Waals surface area contributed by atoms with Crippen molar-refractivity contribution in [3.63, 3.8) is 0 Å². The van der Waals surface area contributed by atoms with Gasteiger partial charge in [-0.25, -0.2) is 8.78 Å². The minimum absolute atomic E-state index is 0.239. The van der Waals surface area contributed by atoms with Gasteiger partial charge in [0.1, 0.15) is 11.6 Å². The summed E-state index contributed by atoms with van der Waals surface area (Å²) in [5.41, 5.74) is 0.794. The molecule has 1 nitrogen and oxygen atoms in total. The van der Waals surface area contributed by atoms with Crippen molar-refractivity contribution in [2.75, 3.05) is 0 Å². The van der Waals surface area contributed by atoms with E-state index in [1.807, 2.05) is 6.92 Å². The van der Waals surface area contributed by atoms with Crippen molar-refractivity contribution in [3.8, 4) is 0 Å². The van der Waals surface area contributed by atoms with Gasteiger partial charge in [0.2, 0.25) is 0 Å². The molecule has 0 heterocycles. The van der Waals surface area contributed by atoms with E-state index in [2.05, 4.69) is 31.9 Å². The van der Waals surface area contributed by atoms with E-state index in [0.717, 1.165) is 17.7 Å². The highest BCUT2D eigenvalue weighted by atomic mass is 79.9. The molecular formula is C14H7Br2ClF2O. The number of ketones is 1. The lowest BCUT2D eigenvalue weighted by molar-refractivity contribution is 0.103. The van der Waals surface area contributed by atoms with Crippen LogP contribution >= 0.6 is 43.5 Å². The molecule has 0 aliphatic heterocycles. The molecule has 20 heavy (non-hydrogen) atoms. The lowest BCUT2D eigenvalue weighted by Crippen LogP contribution is -2.06. The molecule has 0 aliphatic carbocycles. The first-order valence-electron chi connectivity index (χ1n) is 5.46. The second-order valence-corrected chi connectivity index (χ2v) is 6.27. The Hall–Kier alpha value is -0.780. The third kappa shape index (κ3) is 2.95. The molecule has 0 N–H and O–H groups in total. The molecule has 0 spiro atoms. The van der Waals surface area contributed by atoms with Crippen LogP contribution in [0.4, 0.5) is 8.78 Å². The molecule has 6 heteroatoms. The Morgan fingerprint density at radius 2 is 1.65 bits per heavy atom. The molecule has 0 aliphatic rings. The summed E-state index contributed by atoms with van der Waals surface area (Å²) in [7, 11) is 0. The molecule has 0 saturated carbocycles. The summed E-state index contributed by atoms with van der Waals surface area (Å²) >= 11 is 12.0. The molecule has 0 bridgehead atoms. The van der Waals surface area contributed by atoms with E-state index in [9.17, 15) is 13.6 Å². The van der Waals surface area contributed by atoms with Crippen LogP contribution in [0.15, 0.2) is 33.2 Å². The van der Waals surface area contributed by atoms with Gasteiger partial charge in [-0.3, -0.25) is 4.79 Å². The zero-order valence-corrected chi connectivity index (χ0v) is 14.0. The first-order chi connectivity index (χ1) is 9.31. The molecular weight excluding hydrogens is 417 g/mol. The third-order valence-corrected chi connectivity index (χ3v) is 4.55. The third-order valence-electron chi connectivity index (χ3n) is 2.75. The lowest BCUT2D eigenvalue weighted by atomic mass is 10.0. The second kappa shape index (κ2) is 5.92. The Kier molecular flexibility index (Phi) is 4.62. The standard InChI is InChI=1S/C14H7Br2ClF2O/c1-6-2-10(16)7(3-9(6)15)14(20)8-4-13(19)11(17)5-12(8)18/h2-5H,1H3. The fourth-order valence-electron chi connectivity index (χ4n) is 1.66. The van der Waals surface area contributed by atoms with Gasteiger partial charge >= 0.3 is 0 Å². The molecule has 104 valence electrons. The molecule has 0 unspecified atom stereocenters. The van der Waals surface area contributed by atoms with Crippen LogP contribution in [-0.4, -0.2) is 5.78 Å². The van der Waals surface area contributed by atoms with E-state index in [0.29, 0.717) is 8.95 Å². The van der Waals surface area contributed by atoms with E-state index >= 15 is 0 Å². The fourth-order valence-corrected chi connectivity index (χ4v) is 2.79. The van der Waals surface area contributed by atoms with E-state index < -0.39 is 17.4 Å². The number of hydrogen-bond acceptors (Lipinski definition) is 1. The van der Waals surface area contributed by atoms with Crippen molar-refractivity contribution in [2.45, 2.75) is 6.92 Å². The summed E-state index contributed by atoms with van der Waals surface area (Å²) in [6.45, 7) is 1.85. The summed E-state index contributed by atoms with van der Waals surface area (Å²) < 4.78 is 28.4. The molecule has 0 aromatic heterocycles. The van der Waals surface area contributed by atoms with Crippen molar-refractivity contribution in [3.05, 3.63) is 66.6 Å². The summed E-state index contributed by atoms with van der Waals surface area (Å²) in [4.78, 5) is 12.3. The van der Waals surface area contributed by atoms with E-state index in [4.69, 9.17) is 11.6 Å². The topological polar surface area (TPSA) is 17.1 Å². The predicted octanol–water partition coefficient (Wildman–Crippen LogP) is 5.68. The van der Waals surface area contributed by atoms with Gasteiger partial charge in [-0.2, -0.15) is 0 Å². The normalized spacial score (nSPS) is 10.7. The van der Waals surface area contributed by atoms with Crippen LogP contribution in [0.3, 0.4) is 0 Å². The number of aryl methyl sites for hydroxylation is 1. The molecule has 0 atom stereocenters. The number of carbonyl (C=O) groups excluding carboxylic acids is 1. The highest BCUT2D eigenvalue weighted by molar-refractivity contribution is 9.11. The summed E-state index contributed by atoms with van der Waals surface area (Å²) in [6.07, 6.45) is 0. The summed E-state index contributed by atoms with van der Waals surface area (Å²) in [5.74, 6) is -2.31. The van der Waals surface area contributed by atoms with Crippen molar-refractivity contribution in [1.29, 1.82) is 0 Å². The van der Waals surface area contributed by atoms with Crippen molar-refractivity contribution in [1.82, 2.24) is 0 Å². The van der Waals surface area contributed by atoms with Crippen LogP contribution in [0.25, 0.3) is 0 Å². The monoisotopic (exact) mass is 422 g/mol. The Bertz CT molecular complexity index is 657. The summed E-state index contributed by atoms with van der Waals surface area (Å²) in [6, 6.07) is 4.89. The number of hydrogen-bond donors (Lipinski definition) is 0. The minimum atomic E-state index is -0.856. The van der Waals surface area contributed by atoms with Gasteiger partial charge in [-0.05, 0) is 36.8 Å². The van der Waals surface area contributed by atoms with Crippen LogP contribution in [-0.2, 0) is 0 Å². The highest BCUT2D eigenvalue weighted by Crippen LogP contribution is 2.29. The molecule has 0 radical (unpaired) electrons. The molecule has 0 saturated heterocycles. The number of carbonyl (C=O) groups is 1. The maximum absolute atomic E-state index is 13.8. The van der Waals surface area contributed by atoms with Gasteiger partial charge in [0.25, 0.3) is 0 Å². The zero-order chi connectivity index (χ0) is 15.0. The maximum atomic E-state index is 13.8. The lowest BCUT2D eigenvalue weighted by Gasteiger charge is -2.08. The molecule has 0 fully saturated rings. The summed E-state index contributed by atoms with van der Waals surface area (Å²) in [5, 5.41) is -0.358. The Morgan fingerprint density at radius 1 is 1.00 bits per heavy atom. The predicted molar refractivity (Wildman–Crippen MR) is 81.4 cm³/mol. The SMILES string of the molecule is Cc1cc(Br)c(C(=O)c2cc(F)c(Cl)cc2F)cc1Br. The van der Waals surface area contributed by atoms with Gasteiger partial charge in [0.05, 0.1) is 10.6 Å². The second-order valence-electron chi connectivity index (χ2n) is 4.16. The molecule has 2 aromatic rings. The van der Waals surface area contributed by atoms with Crippen molar-refractivity contribution in [2.24, 2.45) is 0 Å². The van der Waals surface area contributed by atoms with E-state index in [-0.39, 0.29) is 16.1 Å². The van der Waals surface area contributed by atoms with Gasteiger partial charge in [0, 0.05) is 14.5 Å². The maximum Gasteiger partial charge on any atom is 0.197 e. The van der Waals surface area contributed by atoms with Crippen LogP contribution in [0.5, 0.6) is 0 Å². The van der Waals surface area contributed by atoms with Crippen LogP contribution in [0, 0.1) is 18.6 Å². The largest absolute Gasteiger partial charge is 0.288 e. The van der Waals surface area contributed by atoms with Crippen molar-refractivity contribution < 1.29 is 13.6 Å². The van der Waals surface area contributed by atoms with Crippen LogP contribution in [0.2, 0.25) is 5.02 Å². The Labute approximate surface area is 136 Å². The number of rotatable bonds is 2. The van der Waals surface area contributed by atoms with Crippen LogP contribution < -0.4 is 0 Å². The number of benzene rings is 2. The van der Waals surface area contributed by atoms with Gasteiger partial charge in [-0.15, -0.1) is 0 Å². The van der Waals surface area contributed by atoms with Crippen molar-refractivity contribution >= 4 is 49.2 Å². The first kappa shape index (κ1) is 15.6. The zero-order valence-electron chi connectivity index (χ0n) is 10.1. The Morgan fingerprint density at radius 3 is 2.30 bits per heavy atom. The average Bonchev–Trinajstić information content (AvgIpc) is 2.37. The smallest absolute Gasteiger partial charge is 0.197 e. The molecule has 2 rings (SSSR count). The van der Waals surface area contributed by atoms with Crippen LogP contribution in [0.1, 0.15) is 21.5 Å². The minimum Gasteiger partial charge on any atom is -0.288 e. The Balaban J connectivity index is 2.57. The molecule has 0 amide bonds. The van der Waals surface area contributed by atoms with Gasteiger partial charge < -0.3 is 0 Å². The molecule has 2 aromatic carbocycles. The highest BCUT2D eigenvalue weighted by Gasteiger charge is 2.20. The quantitative estimate of drug-likeness (QED) is 0.448. The van der Waals surface area contributed by atoms with Gasteiger partial charge in [0.15, 0.2) is 5.78 Å². The number of halogens is 5. The fraction of sp³-hybridized carbons (Fsp3) is 0.0714.